The summed E-state index contributed by atoms with van der Waals surface area (Å²) in [6, 6.07) is 0. The molecule has 0 radical (unpaired) electrons. The molecule has 3 nitrogen and oxygen atoms in total. The SMILES string of the molecule is CC(C)CCCCOC(=O)N(C)C. The molecule has 0 fully saturated rings. The quantitative estimate of drug-likeness (QED) is 0.619. The third-order valence-electron chi connectivity index (χ3n) is 1.77. The Morgan fingerprint density at radius 1 is 1.31 bits per heavy atom. The van der Waals surface area contributed by atoms with Crippen LogP contribution in [-0.2, 0) is 4.74 Å². The van der Waals surface area contributed by atoms with Crippen molar-refractivity contribution in [1.82, 2.24) is 4.90 Å². The van der Waals surface area contributed by atoms with Crippen LogP contribution in [0.5, 0.6) is 0 Å². The van der Waals surface area contributed by atoms with E-state index >= 15 is 0 Å². The normalized spacial score (nSPS) is 10.2. The summed E-state index contributed by atoms with van der Waals surface area (Å²) in [5, 5.41) is 0. The summed E-state index contributed by atoms with van der Waals surface area (Å²) in [6.07, 6.45) is 3.07. The maximum absolute atomic E-state index is 10.9. The molecule has 13 heavy (non-hydrogen) atoms. The van der Waals surface area contributed by atoms with Crippen LogP contribution in [0.2, 0.25) is 0 Å². The van der Waals surface area contributed by atoms with Gasteiger partial charge in [0.2, 0.25) is 0 Å². The summed E-state index contributed by atoms with van der Waals surface area (Å²) in [7, 11) is 3.38. The number of carbonyl (C=O) groups excluding carboxylic acids is 1. The highest BCUT2D eigenvalue weighted by Gasteiger charge is 2.03. The molecule has 0 atom stereocenters. The van der Waals surface area contributed by atoms with Crippen LogP contribution in [0.25, 0.3) is 0 Å². The first-order valence-electron chi connectivity index (χ1n) is 4.88. The predicted octanol–water partition coefficient (Wildman–Crippen LogP) is 2.51. The highest BCUT2D eigenvalue weighted by molar-refractivity contribution is 5.66. The standard InChI is InChI=1S/C10H21NO2/c1-9(2)7-5-6-8-13-10(12)11(3)4/h9H,5-8H2,1-4H3. The average Bonchev–Trinajstić information content (AvgIpc) is 2.02. The van der Waals surface area contributed by atoms with Crippen LogP contribution in [0.4, 0.5) is 4.79 Å². The van der Waals surface area contributed by atoms with Gasteiger partial charge in [-0.1, -0.05) is 20.3 Å². The fourth-order valence-electron chi connectivity index (χ4n) is 0.943. The molecule has 0 aromatic rings. The summed E-state index contributed by atoms with van der Waals surface area (Å²) in [5.74, 6) is 0.740. The van der Waals surface area contributed by atoms with E-state index in [1.807, 2.05) is 0 Å². The molecule has 0 aromatic heterocycles. The molecule has 0 aliphatic rings. The fourth-order valence-corrected chi connectivity index (χ4v) is 0.943. The molecule has 0 saturated heterocycles. The van der Waals surface area contributed by atoms with Crippen molar-refractivity contribution in [3.05, 3.63) is 0 Å². The summed E-state index contributed by atoms with van der Waals surface area (Å²) < 4.78 is 4.97. The van der Waals surface area contributed by atoms with Gasteiger partial charge in [0, 0.05) is 14.1 Å². The molecule has 0 bridgehead atoms. The maximum Gasteiger partial charge on any atom is 0.409 e. The average molecular weight is 187 g/mol. The van der Waals surface area contributed by atoms with E-state index in [4.69, 9.17) is 4.74 Å². The van der Waals surface area contributed by atoms with E-state index in [9.17, 15) is 4.79 Å². The summed E-state index contributed by atoms with van der Waals surface area (Å²) in [4.78, 5) is 12.4. The Bertz CT molecular complexity index is 144. The van der Waals surface area contributed by atoms with Crippen molar-refractivity contribution in [2.45, 2.75) is 33.1 Å². The molecule has 0 aromatic carbocycles. The highest BCUT2D eigenvalue weighted by Crippen LogP contribution is 2.06. The third kappa shape index (κ3) is 7.62. The second-order valence-corrected chi connectivity index (χ2v) is 3.90. The Kier molecular flexibility index (Phi) is 6.37. The number of hydrogen-bond donors (Lipinski definition) is 0. The van der Waals surface area contributed by atoms with Crippen LogP contribution in [0, 0.1) is 5.92 Å². The van der Waals surface area contributed by atoms with Crippen molar-refractivity contribution < 1.29 is 9.53 Å². The lowest BCUT2D eigenvalue weighted by atomic mass is 10.1. The first-order chi connectivity index (χ1) is 6.04. The zero-order valence-corrected chi connectivity index (χ0v) is 9.17. The van der Waals surface area contributed by atoms with E-state index in [1.165, 1.54) is 11.3 Å². The molecular formula is C10H21NO2. The van der Waals surface area contributed by atoms with E-state index in [0.717, 1.165) is 18.8 Å². The van der Waals surface area contributed by atoms with Crippen LogP contribution < -0.4 is 0 Å². The van der Waals surface area contributed by atoms with Crippen LogP contribution in [0.15, 0.2) is 0 Å². The summed E-state index contributed by atoms with van der Waals surface area (Å²) in [6.45, 7) is 4.95. The second-order valence-electron chi connectivity index (χ2n) is 3.90. The van der Waals surface area contributed by atoms with Crippen molar-refractivity contribution in [3.8, 4) is 0 Å². The van der Waals surface area contributed by atoms with Gasteiger partial charge in [-0.25, -0.2) is 4.79 Å². The minimum atomic E-state index is -0.246. The molecule has 0 heterocycles. The number of amides is 1. The monoisotopic (exact) mass is 187 g/mol. The summed E-state index contributed by atoms with van der Waals surface area (Å²) in [5.41, 5.74) is 0. The number of unbranched alkanes of at least 4 members (excludes halogenated alkanes) is 1. The molecule has 0 unspecified atom stereocenters. The van der Waals surface area contributed by atoms with Gasteiger partial charge >= 0.3 is 6.09 Å². The van der Waals surface area contributed by atoms with Crippen molar-refractivity contribution in [3.63, 3.8) is 0 Å². The van der Waals surface area contributed by atoms with Gasteiger partial charge in [0.25, 0.3) is 0 Å². The van der Waals surface area contributed by atoms with Gasteiger partial charge in [0.1, 0.15) is 0 Å². The smallest absolute Gasteiger partial charge is 0.409 e. The lowest BCUT2D eigenvalue weighted by molar-refractivity contribution is 0.116. The number of carbonyl (C=O) groups is 1. The van der Waals surface area contributed by atoms with E-state index < -0.39 is 0 Å². The molecule has 0 aliphatic carbocycles. The predicted molar refractivity (Wildman–Crippen MR) is 53.7 cm³/mol. The van der Waals surface area contributed by atoms with Gasteiger partial charge in [-0.3, -0.25) is 0 Å². The van der Waals surface area contributed by atoms with Crippen LogP contribution >= 0.6 is 0 Å². The van der Waals surface area contributed by atoms with E-state index in [1.54, 1.807) is 14.1 Å². The second kappa shape index (κ2) is 6.75. The largest absolute Gasteiger partial charge is 0.449 e. The number of hydrogen-bond acceptors (Lipinski definition) is 2. The van der Waals surface area contributed by atoms with Crippen LogP contribution in [0.1, 0.15) is 33.1 Å². The van der Waals surface area contributed by atoms with Gasteiger partial charge < -0.3 is 9.64 Å². The van der Waals surface area contributed by atoms with Gasteiger partial charge in [-0.2, -0.15) is 0 Å². The van der Waals surface area contributed by atoms with Gasteiger partial charge in [-0.05, 0) is 18.8 Å². The van der Waals surface area contributed by atoms with E-state index in [-0.39, 0.29) is 6.09 Å². The summed E-state index contributed by atoms with van der Waals surface area (Å²) >= 11 is 0. The minimum Gasteiger partial charge on any atom is -0.449 e. The van der Waals surface area contributed by atoms with E-state index in [2.05, 4.69) is 13.8 Å². The molecule has 0 saturated carbocycles. The highest BCUT2D eigenvalue weighted by atomic mass is 16.6. The molecule has 3 heteroatoms. The molecule has 78 valence electrons. The molecular weight excluding hydrogens is 166 g/mol. The first-order valence-corrected chi connectivity index (χ1v) is 4.88. The molecule has 0 rings (SSSR count). The number of rotatable bonds is 5. The van der Waals surface area contributed by atoms with Gasteiger partial charge in [0.15, 0.2) is 0 Å². The number of ether oxygens (including phenoxy) is 1. The molecule has 0 aliphatic heterocycles. The lowest BCUT2D eigenvalue weighted by Crippen LogP contribution is -2.23. The zero-order valence-electron chi connectivity index (χ0n) is 9.17. The van der Waals surface area contributed by atoms with Crippen LogP contribution in [0.3, 0.4) is 0 Å². The topological polar surface area (TPSA) is 29.5 Å². The maximum atomic E-state index is 10.9. The lowest BCUT2D eigenvalue weighted by Gasteiger charge is -2.10. The Morgan fingerprint density at radius 2 is 1.92 bits per heavy atom. The third-order valence-corrected chi connectivity index (χ3v) is 1.77. The Balaban J connectivity index is 3.21. The van der Waals surface area contributed by atoms with Gasteiger partial charge in [-0.15, -0.1) is 0 Å². The molecule has 0 spiro atoms. The van der Waals surface area contributed by atoms with E-state index in [0.29, 0.717) is 6.61 Å². The van der Waals surface area contributed by atoms with Gasteiger partial charge in [0.05, 0.1) is 6.61 Å². The molecule has 0 N–H and O–H groups in total. The van der Waals surface area contributed by atoms with Crippen molar-refractivity contribution in [2.24, 2.45) is 5.92 Å². The van der Waals surface area contributed by atoms with Crippen LogP contribution in [-0.4, -0.2) is 31.7 Å². The minimum absolute atomic E-state index is 0.246. The Labute approximate surface area is 81.1 Å². The molecule has 1 amide bonds. The Morgan fingerprint density at radius 3 is 2.38 bits per heavy atom. The van der Waals surface area contributed by atoms with Crippen molar-refractivity contribution in [2.75, 3.05) is 20.7 Å². The first kappa shape index (κ1) is 12.3. The zero-order chi connectivity index (χ0) is 10.3. The Hall–Kier alpha value is -0.730. The van der Waals surface area contributed by atoms with Crippen molar-refractivity contribution in [1.29, 1.82) is 0 Å². The van der Waals surface area contributed by atoms with Crippen molar-refractivity contribution >= 4 is 6.09 Å². The number of nitrogens with zero attached hydrogens (tertiary/aromatic N) is 1. The fraction of sp³-hybridized carbons (Fsp3) is 0.900.